The lowest BCUT2D eigenvalue weighted by atomic mass is 10.2. The molecule has 0 saturated carbocycles. The van der Waals surface area contributed by atoms with E-state index in [0.29, 0.717) is 0 Å². The minimum atomic E-state index is 0.730. The van der Waals surface area contributed by atoms with Gasteiger partial charge in [-0.15, -0.1) is 0 Å². The van der Waals surface area contributed by atoms with Gasteiger partial charge in [0.05, 0.1) is 5.69 Å². The van der Waals surface area contributed by atoms with Crippen LogP contribution in [0.25, 0.3) is 22.4 Å². The molecule has 0 aliphatic rings. The van der Waals surface area contributed by atoms with Crippen molar-refractivity contribution < 1.29 is 0 Å². The molecule has 3 nitrogen and oxygen atoms in total. The summed E-state index contributed by atoms with van der Waals surface area (Å²) < 4.78 is 0. The number of hydrogen-bond donors (Lipinski definition) is 1. The van der Waals surface area contributed by atoms with E-state index in [2.05, 4.69) is 27.1 Å². The summed E-state index contributed by atoms with van der Waals surface area (Å²) in [6.07, 6.45) is 3.49. The van der Waals surface area contributed by atoms with Gasteiger partial charge in [-0.05, 0) is 18.2 Å². The Morgan fingerprint density at radius 2 is 1.73 bits per heavy atom. The molecule has 0 aliphatic carbocycles. The molecule has 0 aliphatic heterocycles. The van der Waals surface area contributed by atoms with Gasteiger partial charge in [-0.25, -0.2) is 9.97 Å². The third-order valence-corrected chi connectivity index (χ3v) is 2.34. The topological polar surface area (TPSA) is 41.6 Å². The molecular formula is C12H9N3. The Morgan fingerprint density at radius 1 is 0.933 bits per heavy atom. The summed E-state index contributed by atoms with van der Waals surface area (Å²) in [5.74, 6) is 0.730. The molecule has 0 bridgehead atoms. The normalized spacial score (nSPS) is 10.7. The molecule has 0 amide bonds. The van der Waals surface area contributed by atoms with Crippen molar-refractivity contribution in [2.45, 2.75) is 0 Å². The maximum absolute atomic E-state index is 4.20. The SMILES string of the molecule is c1cnc(-c2cc3ccccc3[nH]2)nc1. The van der Waals surface area contributed by atoms with E-state index < -0.39 is 0 Å². The molecule has 0 saturated heterocycles. The molecule has 3 rings (SSSR count). The van der Waals surface area contributed by atoms with Gasteiger partial charge in [0.2, 0.25) is 0 Å². The summed E-state index contributed by atoms with van der Waals surface area (Å²) in [6, 6.07) is 12.0. The minimum absolute atomic E-state index is 0.730. The van der Waals surface area contributed by atoms with Gasteiger partial charge in [-0.2, -0.15) is 0 Å². The molecule has 0 atom stereocenters. The van der Waals surface area contributed by atoms with Crippen molar-refractivity contribution in [3.05, 3.63) is 48.8 Å². The van der Waals surface area contributed by atoms with Crippen LogP contribution in [0.2, 0.25) is 0 Å². The quantitative estimate of drug-likeness (QED) is 0.648. The fourth-order valence-electron chi connectivity index (χ4n) is 1.63. The fraction of sp³-hybridized carbons (Fsp3) is 0. The number of aromatic nitrogens is 3. The number of hydrogen-bond acceptors (Lipinski definition) is 2. The highest BCUT2D eigenvalue weighted by molar-refractivity contribution is 5.84. The van der Waals surface area contributed by atoms with Crippen molar-refractivity contribution in [2.24, 2.45) is 0 Å². The molecule has 2 heterocycles. The van der Waals surface area contributed by atoms with E-state index >= 15 is 0 Å². The second-order valence-corrected chi connectivity index (χ2v) is 3.34. The molecular weight excluding hydrogens is 186 g/mol. The van der Waals surface area contributed by atoms with Crippen LogP contribution in [0, 0.1) is 0 Å². The Balaban J connectivity index is 2.21. The van der Waals surface area contributed by atoms with Gasteiger partial charge in [-0.1, -0.05) is 18.2 Å². The predicted molar refractivity (Wildman–Crippen MR) is 59.3 cm³/mol. The summed E-state index contributed by atoms with van der Waals surface area (Å²) in [7, 11) is 0. The number of nitrogens with one attached hydrogen (secondary N) is 1. The Hall–Kier alpha value is -2.16. The van der Waals surface area contributed by atoms with Crippen molar-refractivity contribution in [3.63, 3.8) is 0 Å². The Labute approximate surface area is 86.8 Å². The van der Waals surface area contributed by atoms with E-state index in [1.54, 1.807) is 12.4 Å². The maximum Gasteiger partial charge on any atom is 0.175 e. The standard InChI is InChI=1S/C12H9N3/c1-2-5-10-9(4-1)8-11(15-10)12-13-6-3-7-14-12/h1-8,15H. The van der Waals surface area contributed by atoms with Gasteiger partial charge < -0.3 is 4.98 Å². The van der Waals surface area contributed by atoms with Crippen LogP contribution >= 0.6 is 0 Å². The number of benzene rings is 1. The van der Waals surface area contributed by atoms with Crippen molar-refractivity contribution >= 4 is 10.9 Å². The van der Waals surface area contributed by atoms with Gasteiger partial charge in [0.15, 0.2) is 5.82 Å². The lowest BCUT2D eigenvalue weighted by molar-refractivity contribution is 1.16. The zero-order chi connectivity index (χ0) is 10.1. The van der Waals surface area contributed by atoms with E-state index in [9.17, 15) is 0 Å². The fourth-order valence-corrected chi connectivity index (χ4v) is 1.63. The van der Waals surface area contributed by atoms with Gasteiger partial charge in [0.25, 0.3) is 0 Å². The van der Waals surface area contributed by atoms with Gasteiger partial charge in [-0.3, -0.25) is 0 Å². The van der Waals surface area contributed by atoms with Crippen LogP contribution < -0.4 is 0 Å². The lowest BCUT2D eigenvalue weighted by Gasteiger charge is -1.92. The van der Waals surface area contributed by atoms with Crippen LogP contribution in [0.5, 0.6) is 0 Å². The minimum Gasteiger partial charge on any atom is -0.352 e. The zero-order valence-corrected chi connectivity index (χ0v) is 8.01. The van der Waals surface area contributed by atoms with Crippen LogP contribution in [0.3, 0.4) is 0 Å². The first-order chi connectivity index (χ1) is 7.43. The van der Waals surface area contributed by atoms with Gasteiger partial charge in [0, 0.05) is 23.3 Å². The van der Waals surface area contributed by atoms with E-state index in [0.717, 1.165) is 17.0 Å². The second kappa shape index (κ2) is 3.20. The summed E-state index contributed by atoms with van der Waals surface area (Å²) >= 11 is 0. The molecule has 0 radical (unpaired) electrons. The van der Waals surface area contributed by atoms with Crippen LogP contribution in [-0.2, 0) is 0 Å². The van der Waals surface area contributed by atoms with Gasteiger partial charge >= 0.3 is 0 Å². The Kier molecular flexibility index (Phi) is 1.75. The first kappa shape index (κ1) is 8.17. The molecule has 1 N–H and O–H groups in total. The summed E-state index contributed by atoms with van der Waals surface area (Å²) in [4.78, 5) is 11.7. The van der Waals surface area contributed by atoms with Crippen LogP contribution in [0.1, 0.15) is 0 Å². The lowest BCUT2D eigenvalue weighted by Crippen LogP contribution is -1.85. The average molecular weight is 195 g/mol. The highest BCUT2D eigenvalue weighted by atomic mass is 14.9. The number of rotatable bonds is 1. The van der Waals surface area contributed by atoms with E-state index in [1.807, 2.05) is 24.3 Å². The highest BCUT2D eigenvalue weighted by Crippen LogP contribution is 2.20. The van der Waals surface area contributed by atoms with E-state index in [4.69, 9.17) is 0 Å². The van der Waals surface area contributed by atoms with Crippen molar-refractivity contribution in [2.75, 3.05) is 0 Å². The Morgan fingerprint density at radius 3 is 2.53 bits per heavy atom. The summed E-state index contributed by atoms with van der Waals surface area (Å²) in [5.41, 5.74) is 2.07. The van der Waals surface area contributed by atoms with Crippen LogP contribution in [0.15, 0.2) is 48.8 Å². The number of aromatic amines is 1. The smallest absolute Gasteiger partial charge is 0.175 e. The third-order valence-electron chi connectivity index (χ3n) is 2.34. The predicted octanol–water partition coefficient (Wildman–Crippen LogP) is 2.62. The molecule has 2 aromatic heterocycles. The highest BCUT2D eigenvalue weighted by Gasteiger charge is 2.03. The molecule has 0 fully saturated rings. The van der Waals surface area contributed by atoms with Crippen molar-refractivity contribution in [1.82, 2.24) is 15.0 Å². The second-order valence-electron chi connectivity index (χ2n) is 3.34. The third kappa shape index (κ3) is 1.38. The summed E-state index contributed by atoms with van der Waals surface area (Å²) in [6.45, 7) is 0. The largest absolute Gasteiger partial charge is 0.352 e. The van der Waals surface area contributed by atoms with Crippen molar-refractivity contribution in [1.29, 1.82) is 0 Å². The monoisotopic (exact) mass is 195 g/mol. The summed E-state index contributed by atoms with van der Waals surface area (Å²) in [5, 5.41) is 1.18. The first-order valence-electron chi connectivity index (χ1n) is 4.78. The zero-order valence-electron chi connectivity index (χ0n) is 8.01. The molecule has 15 heavy (non-hydrogen) atoms. The molecule has 72 valence electrons. The number of nitrogens with zero attached hydrogens (tertiary/aromatic N) is 2. The molecule has 0 spiro atoms. The number of fused-ring (bicyclic) bond motifs is 1. The average Bonchev–Trinajstić information content (AvgIpc) is 2.74. The van der Waals surface area contributed by atoms with Crippen LogP contribution in [0.4, 0.5) is 0 Å². The molecule has 3 heteroatoms. The van der Waals surface area contributed by atoms with E-state index in [1.165, 1.54) is 5.39 Å². The number of para-hydroxylation sites is 1. The molecule has 3 aromatic rings. The molecule has 0 unspecified atom stereocenters. The Bertz CT molecular complexity index is 551. The molecule has 1 aromatic carbocycles. The van der Waals surface area contributed by atoms with Crippen molar-refractivity contribution in [3.8, 4) is 11.5 Å². The van der Waals surface area contributed by atoms with E-state index in [-0.39, 0.29) is 0 Å². The first-order valence-corrected chi connectivity index (χ1v) is 4.78. The number of H-pyrrole nitrogens is 1. The van der Waals surface area contributed by atoms with Gasteiger partial charge in [0.1, 0.15) is 0 Å². The maximum atomic E-state index is 4.20. The van der Waals surface area contributed by atoms with Crippen LogP contribution in [-0.4, -0.2) is 15.0 Å².